The third-order valence-corrected chi connectivity index (χ3v) is 4.00. The van der Waals surface area contributed by atoms with Crippen LogP contribution in [0, 0.1) is 0 Å². The lowest BCUT2D eigenvalue weighted by Crippen LogP contribution is -2.47. The Morgan fingerprint density at radius 3 is 2.68 bits per heavy atom. The van der Waals surface area contributed by atoms with Gasteiger partial charge in [0.15, 0.2) is 0 Å². The third-order valence-electron chi connectivity index (χ3n) is 3.74. The van der Waals surface area contributed by atoms with Crippen LogP contribution in [0.25, 0.3) is 0 Å². The molecule has 0 saturated carbocycles. The number of amides is 1. The van der Waals surface area contributed by atoms with Crippen LogP contribution in [0.5, 0.6) is 0 Å². The fraction of sp³-hybridized carbons (Fsp3) is 0.533. The zero-order valence-electron chi connectivity index (χ0n) is 11.5. The van der Waals surface area contributed by atoms with Crippen molar-refractivity contribution < 1.29 is 4.79 Å². The van der Waals surface area contributed by atoms with E-state index in [4.69, 9.17) is 11.6 Å². The maximum Gasteiger partial charge on any atom is 0.222 e. The van der Waals surface area contributed by atoms with E-state index in [1.165, 1.54) is 5.56 Å². The third kappa shape index (κ3) is 3.71. The van der Waals surface area contributed by atoms with Crippen LogP contribution in [0.3, 0.4) is 0 Å². The molecule has 2 rings (SSSR count). The van der Waals surface area contributed by atoms with Crippen molar-refractivity contribution in [3.05, 3.63) is 34.9 Å². The highest BCUT2D eigenvalue weighted by molar-refractivity contribution is 6.30. The van der Waals surface area contributed by atoms with Gasteiger partial charge in [0.05, 0.1) is 0 Å². The Morgan fingerprint density at radius 1 is 1.42 bits per heavy atom. The number of hydrogen-bond acceptors (Lipinski definition) is 2. The van der Waals surface area contributed by atoms with Gasteiger partial charge in [-0.25, -0.2) is 0 Å². The van der Waals surface area contributed by atoms with Gasteiger partial charge in [0, 0.05) is 37.1 Å². The Kier molecular flexibility index (Phi) is 4.83. The Hall–Kier alpha value is -1.06. The second kappa shape index (κ2) is 6.40. The second-order valence-corrected chi connectivity index (χ2v) is 5.63. The summed E-state index contributed by atoms with van der Waals surface area (Å²) in [6.45, 7) is 2.97. The maximum absolute atomic E-state index is 11.5. The molecule has 104 valence electrons. The molecule has 1 N–H and O–H groups in total. The highest BCUT2D eigenvalue weighted by Gasteiger charge is 2.24. The first-order valence-electron chi connectivity index (χ1n) is 6.85. The zero-order chi connectivity index (χ0) is 13.8. The number of likely N-dealkylation sites (tertiary alicyclic amines) is 1. The molecule has 2 atom stereocenters. The van der Waals surface area contributed by atoms with E-state index in [9.17, 15) is 4.79 Å². The van der Waals surface area contributed by atoms with E-state index in [0.717, 1.165) is 24.4 Å². The van der Waals surface area contributed by atoms with Crippen LogP contribution < -0.4 is 5.32 Å². The van der Waals surface area contributed by atoms with Gasteiger partial charge in [0.25, 0.3) is 0 Å². The minimum Gasteiger partial charge on any atom is -0.344 e. The molecule has 1 aromatic rings. The minimum atomic E-state index is 0.248. The van der Waals surface area contributed by atoms with Crippen molar-refractivity contribution in [2.45, 2.75) is 38.3 Å². The van der Waals surface area contributed by atoms with Crippen molar-refractivity contribution >= 4 is 17.5 Å². The molecule has 1 fully saturated rings. The van der Waals surface area contributed by atoms with Crippen molar-refractivity contribution in [3.63, 3.8) is 0 Å². The summed E-state index contributed by atoms with van der Waals surface area (Å²) in [4.78, 5) is 13.3. The van der Waals surface area contributed by atoms with Gasteiger partial charge in [-0.3, -0.25) is 4.79 Å². The zero-order valence-corrected chi connectivity index (χ0v) is 12.3. The summed E-state index contributed by atoms with van der Waals surface area (Å²) in [5, 5.41) is 4.42. The number of nitrogens with zero attached hydrogens (tertiary/aromatic N) is 1. The summed E-state index contributed by atoms with van der Waals surface area (Å²) in [5.41, 5.74) is 1.26. The number of piperidine rings is 1. The quantitative estimate of drug-likeness (QED) is 0.920. The summed E-state index contributed by atoms with van der Waals surface area (Å²) in [6, 6.07) is 8.70. The number of carbonyl (C=O) groups is 1. The summed E-state index contributed by atoms with van der Waals surface area (Å²) in [6.07, 6.45) is 2.59. The molecule has 1 aromatic carbocycles. The molecule has 0 spiro atoms. The normalized spacial score (nSPS) is 21.5. The molecular weight excluding hydrogens is 260 g/mol. The van der Waals surface area contributed by atoms with Crippen LogP contribution in [0.4, 0.5) is 0 Å². The monoisotopic (exact) mass is 280 g/mol. The molecular formula is C15H21ClN2O. The summed E-state index contributed by atoms with van der Waals surface area (Å²) < 4.78 is 0. The molecule has 1 saturated heterocycles. The second-order valence-electron chi connectivity index (χ2n) is 5.19. The molecule has 0 bridgehead atoms. The first-order chi connectivity index (χ1) is 9.10. The predicted molar refractivity (Wildman–Crippen MR) is 78.3 cm³/mol. The summed E-state index contributed by atoms with van der Waals surface area (Å²) >= 11 is 5.92. The molecule has 1 aliphatic rings. The smallest absolute Gasteiger partial charge is 0.222 e. The molecule has 19 heavy (non-hydrogen) atoms. The Bertz CT molecular complexity index is 432. The molecule has 0 aliphatic carbocycles. The van der Waals surface area contributed by atoms with Crippen molar-refractivity contribution in [2.75, 3.05) is 13.6 Å². The van der Waals surface area contributed by atoms with Gasteiger partial charge in [0.2, 0.25) is 5.91 Å². The van der Waals surface area contributed by atoms with Crippen molar-refractivity contribution in [3.8, 4) is 0 Å². The Balaban J connectivity index is 1.99. The summed E-state index contributed by atoms with van der Waals surface area (Å²) in [5.74, 6) is 0.248. The fourth-order valence-electron chi connectivity index (χ4n) is 2.58. The number of carbonyl (C=O) groups excluding carboxylic acids is 1. The van der Waals surface area contributed by atoms with Gasteiger partial charge in [-0.2, -0.15) is 0 Å². The van der Waals surface area contributed by atoms with Gasteiger partial charge < -0.3 is 10.2 Å². The average molecular weight is 281 g/mol. The molecule has 3 nitrogen and oxygen atoms in total. The van der Waals surface area contributed by atoms with E-state index in [2.05, 4.69) is 24.4 Å². The lowest BCUT2D eigenvalue weighted by atomic mass is 10.00. The molecule has 1 heterocycles. The molecule has 2 unspecified atom stereocenters. The number of halogens is 1. The number of nitrogens with one attached hydrogen (secondary N) is 1. The van der Waals surface area contributed by atoms with Crippen molar-refractivity contribution in [2.24, 2.45) is 0 Å². The van der Waals surface area contributed by atoms with Crippen LogP contribution in [-0.2, 0) is 4.79 Å². The topological polar surface area (TPSA) is 32.3 Å². The van der Waals surface area contributed by atoms with Gasteiger partial charge in [0.1, 0.15) is 0 Å². The largest absolute Gasteiger partial charge is 0.344 e. The van der Waals surface area contributed by atoms with Gasteiger partial charge in [-0.15, -0.1) is 0 Å². The minimum absolute atomic E-state index is 0.248. The van der Waals surface area contributed by atoms with Crippen LogP contribution in [0.15, 0.2) is 24.3 Å². The number of hydrogen-bond donors (Lipinski definition) is 1. The fourth-order valence-corrected chi connectivity index (χ4v) is 2.70. The maximum atomic E-state index is 11.5. The first-order valence-corrected chi connectivity index (χ1v) is 7.23. The number of likely N-dealkylation sites (N-methyl/N-ethyl adjacent to an activating group) is 1. The molecule has 1 aliphatic heterocycles. The van der Waals surface area contributed by atoms with Gasteiger partial charge in [-0.05, 0) is 30.5 Å². The van der Waals surface area contributed by atoms with Crippen LogP contribution in [0.2, 0.25) is 5.02 Å². The van der Waals surface area contributed by atoms with Gasteiger partial charge in [-0.1, -0.05) is 30.7 Å². The Morgan fingerprint density at radius 2 is 2.11 bits per heavy atom. The molecule has 4 heteroatoms. The van der Waals surface area contributed by atoms with Crippen LogP contribution in [-0.4, -0.2) is 30.4 Å². The van der Waals surface area contributed by atoms with Gasteiger partial charge >= 0.3 is 0 Å². The van der Waals surface area contributed by atoms with Crippen LogP contribution in [0.1, 0.15) is 37.8 Å². The van der Waals surface area contributed by atoms with E-state index in [1.807, 2.05) is 24.1 Å². The highest BCUT2D eigenvalue weighted by atomic mass is 35.5. The SMILES string of the molecule is CCC(NC1CCC(=O)N(C)C1)c1ccc(Cl)cc1. The number of rotatable bonds is 4. The highest BCUT2D eigenvalue weighted by Crippen LogP contribution is 2.21. The molecule has 1 amide bonds. The van der Waals surface area contributed by atoms with Crippen molar-refractivity contribution in [1.29, 1.82) is 0 Å². The lowest BCUT2D eigenvalue weighted by molar-refractivity contribution is -0.132. The van der Waals surface area contributed by atoms with E-state index >= 15 is 0 Å². The van der Waals surface area contributed by atoms with E-state index in [-0.39, 0.29) is 5.91 Å². The predicted octanol–water partition coefficient (Wildman–Crippen LogP) is 3.00. The van der Waals surface area contributed by atoms with Crippen LogP contribution >= 0.6 is 11.6 Å². The standard InChI is InChI=1S/C15H21ClN2O/c1-3-14(11-4-6-12(16)7-5-11)17-13-8-9-15(19)18(2)10-13/h4-7,13-14,17H,3,8-10H2,1-2H3. The average Bonchev–Trinajstić information content (AvgIpc) is 2.41. The van der Waals surface area contributed by atoms with E-state index in [0.29, 0.717) is 18.5 Å². The van der Waals surface area contributed by atoms with E-state index in [1.54, 1.807) is 0 Å². The van der Waals surface area contributed by atoms with E-state index < -0.39 is 0 Å². The van der Waals surface area contributed by atoms with Crippen molar-refractivity contribution in [1.82, 2.24) is 10.2 Å². The summed E-state index contributed by atoms with van der Waals surface area (Å²) in [7, 11) is 1.87. The Labute approximate surface area is 119 Å². The molecule has 0 radical (unpaired) electrons. The first kappa shape index (κ1) is 14.4. The number of benzene rings is 1. The lowest BCUT2D eigenvalue weighted by Gasteiger charge is -2.33. The molecule has 0 aromatic heterocycles.